The van der Waals surface area contributed by atoms with E-state index >= 15 is 0 Å². The third kappa shape index (κ3) is 7.10. The SMILES string of the molecule is CCC(C)Cc1ncc(C#Cc2ccc(CC(C)NC(=O)OC)cc2)cn1. The molecule has 0 aliphatic carbocycles. The third-order valence-electron chi connectivity index (χ3n) is 4.33. The zero-order valence-corrected chi connectivity index (χ0v) is 16.5. The fraction of sp³-hybridized carbons (Fsp3) is 0.409. The van der Waals surface area contributed by atoms with Crippen molar-refractivity contribution in [3.05, 3.63) is 59.2 Å². The first-order valence-corrected chi connectivity index (χ1v) is 9.26. The van der Waals surface area contributed by atoms with E-state index in [1.54, 1.807) is 12.4 Å². The Morgan fingerprint density at radius 2 is 1.70 bits per heavy atom. The second kappa shape index (κ2) is 10.3. The lowest BCUT2D eigenvalue weighted by Crippen LogP contribution is -2.33. The molecule has 2 atom stereocenters. The number of methoxy groups -OCH3 is 1. The molecule has 27 heavy (non-hydrogen) atoms. The molecule has 0 radical (unpaired) electrons. The summed E-state index contributed by atoms with van der Waals surface area (Å²) in [6, 6.07) is 7.99. The molecular weight excluding hydrogens is 338 g/mol. The smallest absolute Gasteiger partial charge is 0.407 e. The average Bonchev–Trinajstić information content (AvgIpc) is 2.68. The van der Waals surface area contributed by atoms with E-state index in [9.17, 15) is 4.79 Å². The molecule has 0 aliphatic heterocycles. The minimum Gasteiger partial charge on any atom is -0.453 e. The second-order valence-electron chi connectivity index (χ2n) is 6.79. The Labute approximate surface area is 161 Å². The predicted molar refractivity (Wildman–Crippen MR) is 106 cm³/mol. The zero-order chi connectivity index (χ0) is 19.6. The van der Waals surface area contributed by atoms with Gasteiger partial charge in [0.25, 0.3) is 0 Å². The Morgan fingerprint density at radius 1 is 1.07 bits per heavy atom. The van der Waals surface area contributed by atoms with Gasteiger partial charge in [0.1, 0.15) is 5.82 Å². The summed E-state index contributed by atoms with van der Waals surface area (Å²) in [6.07, 6.45) is 5.91. The maximum atomic E-state index is 11.2. The van der Waals surface area contributed by atoms with Crippen molar-refractivity contribution >= 4 is 6.09 Å². The first-order valence-electron chi connectivity index (χ1n) is 9.26. The third-order valence-corrected chi connectivity index (χ3v) is 4.33. The van der Waals surface area contributed by atoms with E-state index in [0.717, 1.165) is 41.8 Å². The van der Waals surface area contributed by atoms with Crippen molar-refractivity contribution in [2.75, 3.05) is 7.11 Å². The molecule has 0 fully saturated rings. The van der Waals surface area contributed by atoms with Gasteiger partial charge in [0, 0.05) is 30.4 Å². The Hall–Kier alpha value is -2.87. The van der Waals surface area contributed by atoms with Gasteiger partial charge in [-0.2, -0.15) is 0 Å². The summed E-state index contributed by atoms with van der Waals surface area (Å²) in [6.45, 7) is 6.31. The van der Waals surface area contributed by atoms with Crippen LogP contribution in [0.1, 0.15) is 49.7 Å². The van der Waals surface area contributed by atoms with Crippen molar-refractivity contribution in [3.63, 3.8) is 0 Å². The minimum atomic E-state index is -0.414. The van der Waals surface area contributed by atoms with Crippen LogP contribution in [0.3, 0.4) is 0 Å². The van der Waals surface area contributed by atoms with Crippen LogP contribution in [0.25, 0.3) is 0 Å². The summed E-state index contributed by atoms with van der Waals surface area (Å²) in [7, 11) is 1.36. The molecule has 1 N–H and O–H groups in total. The van der Waals surface area contributed by atoms with Crippen LogP contribution in [-0.2, 0) is 17.6 Å². The van der Waals surface area contributed by atoms with Crippen LogP contribution in [-0.4, -0.2) is 29.2 Å². The van der Waals surface area contributed by atoms with E-state index in [1.165, 1.54) is 7.11 Å². The van der Waals surface area contributed by atoms with Crippen molar-refractivity contribution < 1.29 is 9.53 Å². The standard InChI is InChI=1S/C22H27N3O2/c1-5-16(2)12-21-23-14-20(15-24-21)11-8-18-6-9-19(10-7-18)13-17(3)25-22(26)27-4/h6-7,9-10,14-17H,5,12-13H2,1-4H3,(H,25,26). The number of amides is 1. The number of aromatic nitrogens is 2. The topological polar surface area (TPSA) is 64.1 Å². The largest absolute Gasteiger partial charge is 0.453 e. The van der Waals surface area contributed by atoms with E-state index < -0.39 is 6.09 Å². The lowest BCUT2D eigenvalue weighted by molar-refractivity contribution is 0.167. The van der Waals surface area contributed by atoms with Crippen molar-refractivity contribution in [1.82, 2.24) is 15.3 Å². The normalized spacial score (nSPS) is 12.4. The Kier molecular flexibility index (Phi) is 7.81. The van der Waals surface area contributed by atoms with Crippen molar-refractivity contribution in [2.24, 2.45) is 5.92 Å². The highest BCUT2D eigenvalue weighted by atomic mass is 16.5. The van der Waals surface area contributed by atoms with Crippen molar-refractivity contribution in [3.8, 4) is 11.8 Å². The number of hydrogen-bond donors (Lipinski definition) is 1. The van der Waals surface area contributed by atoms with Crippen LogP contribution < -0.4 is 5.32 Å². The molecule has 2 unspecified atom stereocenters. The Morgan fingerprint density at radius 3 is 2.30 bits per heavy atom. The first kappa shape index (κ1) is 20.4. The summed E-state index contributed by atoms with van der Waals surface area (Å²) in [4.78, 5) is 20.0. The van der Waals surface area contributed by atoms with Gasteiger partial charge in [-0.15, -0.1) is 0 Å². The molecule has 0 bridgehead atoms. The summed E-state index contributed by atoms with van der Waals surface area (Å²) < 4.78 is 4.60. The number of nitrogens with one attached hydrogen (secondary N) is 1. The van der Waals surface area contributed by atoms with Gasteiger partial charge >= 0.3 is 6.09 Å². The van der Waals surface area contributed by atoms with Crippen LogP contribution in [0, 0.1) is 17.8 Å². The number of hydrogen-bond acceptors (Lipinski definition) is 4. The molecule has 5 nitrogen and oxygen atoms in total. The highest BCUT2D eigenvalue weighted by Gasteiger charge is 2.07. The number of nitrogens with zero attached hydrogens (tertiary/aromatic N) is 2. The number of carbonyl (C=O) groups is 1. The zero-order valence-electron chi connectivity index (χ0n) is 16.5. The lowest BCUT2D eigenvalue weighted by Gasteiger charge is -2.12. The maximum Gasteiger partial charge on any atom is 0.407 e. The average molecular weight is 365 g/mol. The number of ether oxygens (including phenoxy) is 1. The first-order chi connectivity index (χ1) is 13.0. The van der Waals surface area contributed by atoms with Gasteiger partial charge in [-0.1, -0.05) is 44.2 Å². The molecule has 1 aromatic carbocycles. The molecule has 0 saturated heterocycles. The Balaban J connectivity index is 1.94. The van der Waals surface area contributed by atoms with E-state index in [-0.39, 0.29) is 6.04 Å². The fourth-order valence-corrected chi connectivity index (χ4v) is 2.51. The number of benzene rings is 1. The summed E-state index contributed by atoms with van der Waals surface area (Å²) in [5, 5.41) is 2.76. The molecule has 0 saturated carbocycles. The minimum absolute atomic E-state index is 0.000439. The monoisotopic (exact) mass is 365 g/mol. The van der Waals surface area contributed by atoms with Gasteiger partial charge in [-0.25, -0.2) is 14.8 Å². The van der Waals surface area contributed by atoms with Gasteiger partial charge in [-0.3, -0.25) is 0 Å². The quantitative estimate of drug-likeness (QED) is 0.792. The summed E-state index contributed by atoms with van der Waals surface area (Å²) >= 11 is 0. The number of rotatable bonds is 6. The molecule has 1 amide bonds. The van der Waals surface area contributed by atoms with Crippen LogP contribution >= 0.6 is 0 Å². The number of alkyl carbamates (subject to hydrolysis) is 1. The number of carbonyl (C=O) groups excluding carboxylic acids is 1. The molecule has 1 heterocycles. The highest BCUT2D eigenvalue weighted by Crippen LogP contribution is 2.08. The highest BCUT2D eigenvalue weighted by molar-refractivity contribution is 5.67. The van der Waals surface area contributed by atoms with E-state index in [1.807, 2.05) is 31.2 Å². The van der Waals surface area contributed by atoms with Crippen LogP contribution in [0.4, 0.5) is 4.79 Å². The maximum absolute atomic E-state index is 11.2. The van der Waals surface area contributed by atoms with E-state index in [0.29, 0.717) is 5.92 Å². The summed E-state index contributed by atoms with van der Waals surface area (Å²) in [5.74, 6) is 7.69. The van der Waals surface area contributed by atoms with E-state index in [2.05, 4.69) is 45.7 Å². The molecule has 1 aromatic heterocycles. The second-order valence-corrected chi connectivity index (χ2v) is 6.79. The molecular formula is C22H27N3O2. The molecule has 2 rings (SSSR count). The van der Waals surface area contributed by atoms with Gasteiger partial charge in [0.05, 0.1) is 12.7 Å². The van der Waals surface area contributed by atoms with Gasteiger partial charge in [0.15, 0.2) is 0 Å². The molecule has 5 heteroatoms. The van der Waals surface area contributed by atoms with Gasteiger partial charge in [-0.05, 0) is 37.0 Å². The van der Waals surface area contributed by atoms with Gasteiger partial charge < -0.3 is 10.1 Å². The summed E-state index contributed by atoms with van der Waals surface area (Å²) in [5.41, 5.74) is 2.86. The van der Waals surface area contributed by atoms with Crippen LogP contribution in [0.2, 0.25) is 0 Å². The molecule has 0 aliphatic rings. The predicted octanol–water partition coefficient (Wildman–Crippen LogP) is 3.75. The fourth-order valence-electron chi connectivity index (χ4n) is 2.51. The Bertz CT molecular complexity index is 789. The molecule has 0 spiro atoms. The molecule has 142 valence electrons. The van der Waals surface area contributed by atoms with Crippen LogP contribution in [0.15, 0.2) is 36.7 Å². The van der Waals surface area contributed by atoms with Crippen molar-refractivity contribution in [2.45, 2.75) is 46.1 Å². The molecule has 2 aromatic rings. The lowest BCUT2D eigenvalue weighted by atomic mass is 10.0. The van der Waals surface area contributed by atoms with Crippen LogP contribution in [0.5, 0.6) is 0 Å². The van der Waals surface area contributed by atoms with E-state index in [4.69, 9.17) is 0 Å². The van der Waals surface area contributed by atoms with Crippen molar-refractivity contribution in [1.29, 1.82) is 0 Å². The van der Waals surface area contributed by atoms with Gasteiger partial charge in [0.2, 0.25) is 0 Å².